The fourth-order valence-corrected chi connectivity index (χ4v) is 1.42. The maximum atomic E-state index is 10.7. The first kappa shape index (κ1) is 12.4. The second kappa shape index (κ2) is 6.07. The number of benzene rings is 1. The van der Waals surface area contributed by atoms with E-state index in [-0.39, 0.29) is 10.6 Å². The number of nitro groups is 1. The molecule has 5 heteroatoms. The molecule has 0 unspecified atom stereocenters. The average Bonchev–Trinajstić information content (AvgIpc) is 2.26. The summed E-state index contributed by atoms with van der Waals surface area (Å²) in [7, 11) is 0. The molecule has 0 aliphatic heterocycles. The van der Waals surface area contributed by atoms with Crippen LogP contribution in [-0.4, -0.2) is 18.0 Å². The van der Waals surface area contributed by atoms with Crippen molar-refractivity contribution in [3.63, 3.8) is 0 Å². The van der Waals surface area contributed by atoms with Gasteiger partial charge >= 0.3 is 0 Å². The maximum absolute atomic E-state index is 10.7. The molecule has 1 rings (SSSR count). The summed E-state index contributed by atoms with van der Waals surface area (Å²) >= 11 is 0. The molecule has 0 aliphatic carbocycles. The molecule has 5 nitrogen and oxygen atoms in total. The zero-order valence-electron chi connectivity index (χ0n) is 9.40. The Hall–Kier alpha value is -1.62. The number of nitrogens with zero attached hydrogens (tertiary/aromatic N) is 1. The highest BCUT2D eigenvalue weighted by molar-refractivity contribution is 5.54. The standard InChI is InChI=1S/C11H17N3O2/c1-9-4-5-10(8-11(9)14(15)16)13-7-3-2-6-12/h4-5,8,13H,2-3,6-7,12H2,1H3. The number of anilines is 1. The Kier molecular flexibility index (Phi) is 4.72. The summed E-state index contributed by atoms with van der Waals surface area (Å²) in [5, 5.41) is 13.9. The predicted octanol–water partition coefficient (Wildman–Crippen LogP) is 2.05. The lowest BCUT2D eigenvalue weighted by Crippen LogP contribution is -2.06. The molecule has 1 aromatic carbocycles. The van der Waals surface area contributed by atoms with Crippen molar-refractivity contribution >= 4 is 11.4 Å². The molecule has 0 saturated carbocycles. The molecule has 0 aromatic heterocycles. The lowest BCUT2D eigenvalue weighted by Gasteiger charge is -2.06. The van der Waals surface area contributed by atoms with Gasteiger partial charge in [0, 0.05) is 23.9 Å². The van der Waals surface area contributed by atoms with Crippen LogP contribution in [0.4, 0.5) is 11.4 Å². The van der Waals surface area contributed by atoms with Gasteiger partial charge in [-0.25, -0.2) is 0 Å². The summed E-state index contributed by atoms with van der Waals surface area (Å²) in [5.41, 5.74) is 7.00. The first-order chi connectivity index (χ1) is 7.65. The minimum Gasteiger partial charge on any atom is -0.385 e. The Balaban J connectivity index is 2.61. The number of nitrogens with two attached hydrogens (primary N) is 1. The Morgan fingerprint density at radius 3 is 2.81 bits per heavy atom. The van der Waals surface area contributed by atoms with E-state index in [1.807, 2.05) is 6.07 Å². The van der Waals surface area contributed by atoms with E-state index >= 15 is 0 Å². The van der Waals surface area contributed by atoms with E-state index in [2.05, 4.69) is 5.32 Å². The van der Waals surface area contributed by atoms with Crippen molar-refractivity contribution in [2.45, 2.75) is 19.8 Å². The molecule has 0 spiro atoms. The largest absolute Gasteiger partial charge is 0.385 e. The van der Waals surface area contributed by atoms with E-state index in [1.54, 1.807) is 19.1 Å². The first-order valence-electron chi connectivity index (χ1n) is 5.34. The van der Waals surface area contributed by atoms with Gasteiger partial charge in [0.1, 0.15) is 0 Å². The monoisotopic (exact) mass is 223 g/mol. The number of nitrogens with one attached hydrogen (secondary N) is 1. The SMILES string of the molecule is Cc1ccc(NCCCCN)cc1[N+](=O)[O-]. The van der Waals surface area contributed by atoms with Gasteiger partial charge in [0.15, 0.2) is 0 Å². The minimum atomic E-state index is -0.361. The van der Waals surface area contributed by atoms with Crippen LogP contribution >= 0.6 is 0 Å². The summed E-state index contributed by atoms with van der Waals surface area (Å²) in [6.45, 7) is 3.20. The molecule has 0 saturated heterocycles. The third-order valence-electron chi connectivity index (χ3n) is 2.37. The number of rotatable bonds is 6. The normalized spacial score (nSPS) is 10.1. The quantitative estimate of drug-likeness (QED) is 0.439. The molecule has 16 heavy (non-hydrogen) atoms. The molecule has 3 N–H and O–H groups in total. The number of hydrogen-bond donors (Lipinski definition) is 2. The van der Waals surface area contributed by atoms with Crippen molar-refractivity contribution in [3.05, 3.63) is 33.9 Å². The van der Waals surface area contributed by atoms with Gasteiger partial charge in [-0.2, -0.15) is 0 Å². The van der Waals surface area contributed by atoms with Gasteiger partial charge in [-0.05, 0) is 32.4 Å². The van der Waals surface area contributed by atoms with Crippen LogP contribution in [0.1, 0.15) is 18.4 Å². The van der Waals surface area contributed by atoms with Gasteiger partial charge in [0.25, 0.3) is 5.69 Å². The van der Waals surface area contributed by atoms with Crippen molar-refractivity contribution < 1.29 is 4.92 Å². The number of nitro benzene ring substituents is 1. The van der Waals surface area contributed by atoms with Gasteiger partial charge < -0.3 is 11.1 Å². The molecule has 0 radical (unpaired) electrons. The van der Waals surface area contributed by atoms with Crippen molar-refractivity contribution in [2.24, 2.45) is 5.73 Å². The maximum Gasteiger partial charge on any atom is 0.274 e. The molecule has 0 heterocycles. The van der Waals surface area contributed by atoms with Crippen LogP contribution in [0.2, 0.25) is 0 Å². The predicted molar refractivity (Wildman–Crippen MR) is 64.6 cm³/mol. The average molecular weight is 223 g/mol. The van der Waals surface area contributed by atoms with E-state index in [9.17, 15) is 10.1 Å². The van der Waals surface area contributed by atoms with E-state index in [0.717, 1.165) is 25.1 Å². The molecular weight excluding hydrogens is 206 g/mol. The number of aryl methyl sites for hydroxylation is 1. The van der Waals surface area contributed by atoms with Gasteiger partial charge in [0.05, 0.1) is 4.92 Å². The van der Waals surface area contributed by atoms with E-state index < -0.39 is 0 Å². The minimum absolute atomic E-state index is 0.156. The Morgan fingerprint density at radius 1 is 1.44 bits per heavy atom. The second-order valence-electron chi connectivity index (χ2n) is 3.68. The van der Waals surface area contributed by atoms with Gasteiger partial charge in [-0.15, -0.1) is 0 Å². The van der Waals surface area contributed by atoms with Crippen molar-refractivity contribution in [2.75, 3.05) is 18.4 Å². The lowest BCUT2D eigenvalue weighted by atomic mass is 10.2. The highest BCUT2D eigenvalue weighted by atomic mass is 16.6. The molecule has 0 amide bonds. The van der Waals surface area contributed by atoms with Crippen molar-refractivity contribution in [1.82, 2.24) is 0 Å². The van der Waals surface area contributed by atoms with Crippen LogP contribution in [0.3, 0.4) is 0 Å². The molecular formula is C11H17N3O2. The molecule has 0 atom stereocenters. The van der Waals surface area contributed by atoms with E-state index in [4.69, 9.17) is 5.73 Å². The Bertz CT molecular complexity index is 366. The van der Waals surface area contributed by atoms with Crippen LogP contribution in [-0.2, 0) is 0 Å². The van der Waals surface area contributed by atoms with Gasteiger partial charge in [0.2, 0.25) is 0 Å². The van der Waals surface area contributed by atoms with Crippen LogP contribution in [0, 0.1) is 17.0 Å². The van der Waals surface area contributed by atoms with Crippen LogP contribution in [0.5, 0.6) is 0 Å². The topological polar surface area (TPSA) is 81.2 Å². The Labute approximate surface area is 94.8 Å². The smallest absolute Gasteiger partial charge is 0.274 e. The highest BCUT2D eigenvalue weighted by Gasteiger charge is 2.10. The molecule has 88 valence electrons. The van der Waals surface area contributed by atoms with Gasteiger partial charge in [-0.1, -0.05) is 6.07 Å². The summed E-state index contributed by atoms with van der Waals surface area (Å²) in [6.07, 6.45) is 1.93. The number of unbranched alkanes of at least 4 members (excludes halogenated alkanes) is 1. The zero-order chi connectivity index (χ0) is 12.0. The summed E-state index contributed by atoms with van der Waals surface area (Å²) in [5.74, 6) is 0. The van der Waals surface area contributed by atoms with Crippen LogP contribution < -0.4 is 11.1 Å². The Morgan fingerprint density at radius 2 is 2.19 bits per heavy atom. The van der Waals surface area contributed by atoms with Crippen LogP contribution in [0.25, 0.3) is 0 Å². The fourth-order valence-electron chi connectivity index (χ4n) is 1.42. The third kappa shape index (κ3) is 3.51. The second-order valence-corrected chi connectivity index (χ2v) is 3.68. The molecule has 1 aromatic rings. The summed E-state index contributed by atoms with van der Waals surface area (Å²) in [4.78, 5) is 10.4. The van der Waals surface area contributed by atoms with Crippen molar-refractivity contribution in [3.8, 4) is 0 Å². The summed E-state index contributed by atoms with van der Waals surface area (Å²) in [6, 6.07) is 5.17. The van der Waals surface area contributed by atoms with Crippen LogP contribution in [0.15, 0.2) is 18.2 Å². The third-order valence-corrected chi connectivity index (χ3v) is 2.37. The van der Waals surface area contributed by atoms with Gasteiger partial charge in [-0.3, -0.25) is 10.1 Å². The zero-order valence-corrected chi connectivity index (χ0v) is 9.40. The van der Waals surface area contributed by atoms with Crippen molar-refractivity contribution in [1.29, 1.82) is 0 Å². The lowest BCUT2D eigenvalue weighted by molar-refractivity contribution is -0.385. The summed E-state index contributed by atoms with van der Waals surface area (Å²) < 4.78 is 0. The molecule has 0 fully saturated rings. The first-order valence-corrected chi connectivity index (χ1v) is 5.34. The molecule has 0 aliphatic rings. The highest BCUT2D eigenvalue weighted by Crippen LogP contribution is 2.22. The van der Waals surface area contributed by atoms with E-state index in [0.29, 0.717) is 12.1 Å². The number of hydrogen-bond acceptors (Lipinski definition) is 4. The molecule has 0 bridgehead atoms. The van der Waals surface area contributed by atoms with E-state index in [1.165, 1.54) is 0 Å². The fraction of sp³-hybridized carbons (Fsp3) is 0.455.